The highest BCUT2D eigenvalue weighted by atomic mass is 16.1. The van der Waals surface area contributed by atoms with Crippen LogP contribution in [0.1, 0.15) is 18.1 Å². The van der Waals surface area contributed by atoms with Crippen LogP contribution in [0, 0.1) is 22.7 Å². The van der Waals surface area contributed by atoms with Crippen LogP contribution < -0.4 is 11.1 Å². The van der Waals surface area contributed by atoms with Crippen LogP contribution in [0.25, 0.3) is 11.3 Å². The third kappa shape index (κ3) is 2.96. The molecular weight excluding hydrogens is 266 g/mol. The van der Waals surface area contributed by atoms with Gasteiger partial charge in [0, 0.05) is 18.6 Å². The number of nitrogens with zero attached hydrogens (tertiary/aromatic N) is 3. The lowest BCUT2D eigenvalue weighted by Gasteiger charge is -2.10. The Morgan fingerprint density at radius 3 is 2.67 bits per heavy atom. The average Bonchev–Trinajstić information content (AvgIpc) is 2.46. The molecular formula is C15H11N5O. The fraction of sp³-hybridized carbons (Fsp3) is 0.0667. The number of carbonyl (C=O) groups is 1. The van der Waals surface area contributed by atoms with Crippen LogP contribution in [0.4, 0.5) is 11.5 Å². The molecule has 1 aromatic heterocycles. The summed E-state index contributed by atoms with van der Waals surface area (Å²) in [5.74, 6) is -0.0281. The van der Waals surface area contributed by atoms with Crippen LogP contribution in [-0.2, 0) is 4.79 Å². The molecule has 0 saturated heterocycles. The molecule has 1 amide bonds. The number of rotatable bonds is 2. The standard InChI is InChI=1S/C15H11N5O/c1-9(21)19-14-6-13(18)12(8-17)15(20-14)11-4-2-3-10(5-11)7-16/h2-6H,1H3,(H3,18,19,20,21). The third-order valence-electron chi connectivity index (χ3n) is 2.73. The Hall–Kier alpha value is -3.38. The number of anilines is 2. The number of nitriles is 2. The number of amides is 1. The van der Waals surface area contributed by atoms with Crippen molar-refractivity contribution in [1.82, 2.24) is 4.98 Å². The van der Waals surface area contributed by atoms with Gasteiger partial charge in [-0.15, -0.1) is 0 Å². The van der Waals surface area contributed by atoms with Gasteiger partial charge < -0.3 is 11.1 Å². The second kappa shape index (κ2) is 5.72. The van der Waals surface area contributed by atoms with Crippen molar-refractivity contribution in [3.05, 3.63) is 41.5 Å². The molecule has 0 spiro atoms. The van der Waals surface area contributed by atoms with Gasteiger partial charge in [-0.2, -0.15) is 10.5 Å². The minimum Gasteiger partial charge on any atom is -0.397 e. The first kappa shape index (κ1) is 14.0. The highest BCUT2D eigenvalue weighted by molar-refractivity contribution is 5.89. The third-order valence-corrected chi connectivity index (χ3v) is 2.73. The van der Waals surface area contributed by atoms with Gasteiger partial charge in [-0.1, -0.05) is 12.1 Å². The summed E-state index contributed by atoms with van der Waals surface area (Å²) in [4.78, 5) is 15.4. The van der Waals surface area contributed by atoms with Gasteiger partial charge >= 0.3 is 0 Å². The van der Waals surface area contributed by atoms with Crippen LogP contribution in [0.2, 0.25) is 0 Å². The van der Waals surface area contributed by atoms with E-state index in [1.165, 1.54) is 13.0 Å². The van der Waals surface area contributed by atoms with Gasteiger partial charge in [-0.25, -0.2) is 4.98 Å². The predicted molar refractivity (Wildman–Crippen MR) is 77.8 cm³/mol. The average molecular weight is 277 g/mol. The summed E-state index contributed by atoms with van der Waals surface area (Å²) in [5.41, 5.74) is 7.63. The van der Waals surface area contributed by atoms with E-state index in [9.17, 15) is 10.1 Å². The van der Waals surface area contributed by atoms with Gasteiger partial charge in [-0.05, 0) is 12.1 Å². The number of nitrogen functional groups attached to an aromatic ring is 1. The summed E-state index contributed by atoms with van der Waals surface area (Å²) in [7, 11) is 0. The van der Waals surface area contributed by atoms with Crippen molar-refractivity contribution in [2.24, 2.45) is 0 Å². The van der Waals surface area contributed by atoms with E-state index in [0.29, 0.717) is 16.8 Å². The Morgan fingerprint density at radius 2 is 2.05 bits per heavy atom. The summed E-state index contributed by atoms with van der Waals surface area (Å²) < 4.78 is 0. The Balaban J connectivity index is 2.65. The molecule has 6 nitrogen and oxygen atoms in total. The fourth-order valence-electron chi connectivity index (χ4n) is 1.87. The van der Waals surface area contributed by atoms with E-state index in [0.717, 1.165) is 0 Å². The molecule has 0 bridgehead atoms. The monoisotopic (exact) mass is 277 g/mol. The SMILES string of the molecule is CC(=O)Nc1cc(N)c(C#N)c(-c2cccc(C#N)c2)n1. The first-order valence-corrected chi connectivity index (χ1v) is 6.04. The summed E-state index contributed by atoms with van der Waals surface area (Å²) in [6.45, 7) is 1.35. The van der Waals surface area contributed by atoms with Gasteiger partial charge in [0.25, 0.3) is 0 Å². The van der Waals surface area contributed by atoms with E-state index >= 15 is 0 Å². The van der Waals surface area contributed by atoms with E-state index in [2.05, 4.69) is 10.3 Å². The quantitative estimate of drug-likeness (QED) is 0.871. The van der Waals surface area contributed by atoms with Crippen molar-refractivity contribution in [2.75, 3.05) is 11.1 Å². The van der Waals surface area contributed by atoms with Crippen LogP contribution >= 0.6 is 0 Å². The van der Waals surface area contributed by atoms with Crippen molar-refractivity contribution in [1.29, 1.82) is 10.5 Å². The number of aromatic nitrogens is 1. The number of pyridine rings is 1. The number of nitrogens with two attached hydrogens (primary N) is 1. The second-order valence-electron chi connectivity index (χ2n) is 4.31. The molecule has 1 heterocycles. The number of hydrogen-bond acceptors (Lipinski definition) is 5. The van der Waals surface area contributed by atoms with Crippen molar-refractivity contribution in [3.63, 3.8) is 0 Å². The molecule has 0 aliphatic heterocycles. The molecule has 0 radical (unpaired) electrons. The molecule has 0 unspecified atom stereocenters. The van der Waals surface area contributed by atoms with Crippen LogP contribution in [0.15, 0.2) is 30.3 Å². The predicted octanol–water partition coefficient (Wildman–Crippen LogP) is 2.03. The molecule has 102 valence electrons. The maximum atomic E-state index is 11.1. The molecule has 0 saturated carbocycles. The highest BCUT2D eigenvalue weighted by Crippen LogP contribution is 2.28. The zero-order valence-corrected chi connectivity index (χ0v) is 11.2. The largest absolute Gasteiger partial charge is 0.397 e. The van der Waals surface area contributed by atoms with Crippen LogP contribution in [0.5, 0.6) is 0 Å². The minimum absolute atomic E-state index is 0.208. The van der Waals surface area contributed by atoms with Gasteiger partial charge in [0.15, 0.2) is 0 Å². The molecule has 6 heteroatoms. The van der Waals surface area contributed by atoms with Gasteiger partial charge in [0.05, 0.1) is 23.0 Å². The molecule has 0 aliphatic carbocycles. The van der Waals surface area contributed by atoms with Gasteiger partial charge in [0.1, 0.15) is 17.5 Å². The highest BCUT2D eigenvalue weighted by Gasteiger charge is 2.13. The van der Waals surface area contributed by atoms with Crippen molar-refractivity contribution in [2.45, 2.75) is 6.92 Å². The van der Waals surface area contributed by atoms with Crippen molar-refractivity contribution in [3.8, 4) is 23.4 Å². The van der Waals surface area contributed by atoms with Crippen molar-refractivity contribution < 1.29 is 4.79 Å². The molecule has 0 aliphatic rings. The van der Waals surface area contributed by atoms with Crippen LogP contribution in [-0.4, -0.2) is 10.9 Å². The van der Waals surface area contributed by atoms with Crippen LogP contribution in [0.3, 0.4) is 0 Å². The molecule has 0 atom stereocenters. The number of carbonyl (C=O) groups excluding carboxylic acids is 1. The summed E-state index contributed by atoms with van der Waals surface area (Å²) in [5, 5.41) is 20.7. The topological polar surface area (TPSA) is 116 Å². The second-order valence-corrected chi connectivity index (χ2v) is 4.31. The number of hydrogen-bond donors (Lipinski definition) is 2. The zero-order valence-electron chi connectivity index (χ0n) is 11.2. The zero-order chi connectivity index (χ0) is 15.4. The molecule has 2 aromatic rings. The van der Waals surface area contributed by atoms with Gasteiger partial charge in [0.2, 0.25) is 5.91 Å². The lowest BCUT2D eigenvalue weighted by Crippen LogP contribution is -2.09. The Labute approximate surface area is 121 Å². The minimum atomic E-state index is -0.289. The van der Waals surface area contributed by atoms with E-state index in [1.54, 1.807) is 24.3 Å². The van der Waals surface area contributed by atoms with Gasteiger partial charge in [-0.3, -0.25) is 4.79 Å². The Morgan fingerprint density at radius 1 is 1.29 bits per heavy atom. The lowest BCUT2D eigenvalue weighted by atomic mass is 10.0. The summed E-state index contributed by atoms with van der Waals surface area (Å²) >= 11 is 0. The van der Waals surface area contributed by atoms with E-state index in [-0.39, 0.29) is 23.0 Å². The molecule has 3 N–H and O–H groups in total. The van der Waals surface area contributed by atoms with E-state index in [4.69, 9.17) is 11.0 Å². The number of benzene rings is 1. The van der Waals surface area contributed by atoms with E-state index < -0.39 is 0 Å². The maximum absolute atomic E-state index is 11.1. The molecule has 1 aromatic carbocycles. The Bertz CT molecular complexity index is 799. The van der Waals surface area contributed by atoms with Crippen molar-refractivity contribution >= 4 is 17.4 Å². The first-order chi connectivity index (χ1) is 10.0. The smallest absolute Gasteiger partial charge is 0.222 e. The molecule has 21 heavy (non-hydrogen) atoms. The Kier molecular flexibility index (Phi) is 3.83. The molecule has 0 fully saturated rings. The lowest BCUT2D eigenvalue weighted by molar-refractivity contribution is -0.114. The normalized spacial score (nSPS) is 9.48. The molecule has 2 rings (SSSR count). The fourth-order valence-corrected chi connectivity index (χ4v) is 1.87. The van der Waals surface area contributed by atoms with E-state index in [1.807, 2.05) is 12.1 Å². The number of nitrogens with one attached hydrogen (secondary N) is 1. The summed E-state index contributed by atoms with van der Waals surface area (Å²) in [6, 6.07) is 12.1. The summed E-state index contributed by atoms with van der Waals surface area (Å²) in [6.07, 6.45) is 0. The maximum Gasteiger partial charge on any atom is 0.222 e. The first-order valence-electron chi connectivity index (χ1n) is 6.04.